The minimum Gasteiger partial charge on any atom is -0.454 e. The van der Waals surface area contributed by atoms with Crippen molar-refractivity contribution < 1.29 is 23.8 Å². The maximum atomic E-state index is 12.5. The molecule has 1 aromatic heterocycles. The first kappa shape index (κ1) is 19.0. The van der Waals surface area contributed by atoms with E-state index in [1.165, 1.54) is 11.8 Å². The van der Waals surface area contributed by atoms with Gasteiger partial charge in [0.15, 0.2) is 18.1 Å². The van der Waals surface area contributed by atoms with Gasteiger partial charge in [0, 0.05) is 19.3 Å². The van der Waals surface area contributed by atoms with Crippen LogP contribution in [0.2, 0.25) is 0 Å². The van der Waals surface area contributed by atoms with Crippen molar-refractivity contribution in [1.82, 2.24) is 9.88 Å². The largest absolute Gasteiger partial charge is 0.454 e. The summed E-state index contributed by atoms with van der Waals surface area (Å²) in [6.07, 6.45) is 3.44. The lowest BCUT2D eigenvalue weighted by molar-refractivity contribution is -0.134. The Morgan fingerprint density at radius 1 is 1.26 bits per heavy atom. The van der Waals surface area contributed by atoms with Crippen LogP contribution >= 0.6 is 11.8 Å². The number of carbonyl (C=O) groups is 2. The standard InChI is InChI=1S/C19H20N2O5S/c1-3-21(10-13-6-7-15-16(9-13)26-12-25-15)17(22)11-24-19(23)14-5-4-8-20-18(14)27-2/h4-9H,3,10-12H2,1-2H3. The Kier molecular flexibility index (Phi) is 6.18. The fourth-order valence-corrected chi connectivity index (χ4v) is 3.18. The molecule has 2 heterocycles. The van der Waals surface area contributed by atoms with E-state index >= 15 is 0 Å². The summed E-state index contributed by atoms with van der Waals surface area (Å²) >= 11 is 1.35. The van der Waals surface area contributed by atoms with Gasteiger partial charge in [0.05, 0.1) is 5.56 Å². The number of hydrogen-bond donors (Lipinski definition) is 0. The highest BCUT2D eigenvalue weighted by molar-refractivity contribution is 7.98. The predicted octanol–water partition coefficient (Wildman–Crippen LogP) is 2.74. The Balaban J connectivity index is 1.59. The number of fused-ring (bicyclic) bond motifs is 1. The van der Waals surface area contributed by atoms with Gasteiger partial charge in [-0.1, -0.05) is 6.07 Å². The molecule has 7 nitrogen and oxygen atoms in total. The van der Waals surface area contributed by atoms with Crippen LogP contribution in [0.25, 0.3) is 0 Å². The Bertz CT molecular complexity index is 843. The fraction of sp³-hybridized carbons (Fsp3) is 0.316. The van der Waals surface area contributed by atoms with E-state index in [-0.39, 0.29) is 19.3 Å². The predicted molar refractivity (Wildman–Crippen MR) is 100.0 cm³/mol. The Morgan fingerprint density at radius 2 is 2.07 bits per heavy atom. The Hall–Kier alpha value is -2.74. The highest BCUT2D eigenvalue weighted by atomic mass is 32.2. The molecule has 1 aromatic carbocycles. The molecule has 0 unspecified atom stereocenters. The van der Waals surface area contributed by atoms with Gasteiger partial charge in [0.25, 0.3) is 5.91 Å². The number of ether oxygens (including phenoxy) is 3. The zero-order chi connectivity index (χ0) is 19.2. The van der Waals surface area contributed by atoms with Gasteiger partial charge in [-0.15, -0.1) is 11.8 Å². The van der Waals surface area contributed by atoms with E-state index in [0.717, 1.165) is 5.56 Å². The van der Waals surface area contributed by atoms with Gasteiger partial charge in [-0.25, -0.2) is 9.78 Å². The molecule has 0 saturated heterocycles. The molecule has 1 aliphatic heterocycles. The topological polar surface area (TPSA) is 78.0 Å². The summed E-state index contributed by atoms with van der Waals surface area (Å²) in [5.41, 5.74) is 1.27. The molecular formula is C19H20N2O5S. The number of rotatable bonds is 7. The molecule has 0 radical (unpaired) electrons. The lowest BCUT2D eigenvalue weighted by atomic mass is 10.2. The molecular weight excluding hydrogens is 368 g/mol. The van der Waals surface area contributed by atoms with Crippen molar-refractivity contribution >= 4 is 23.6 Å². The molecule has 142 valence electrons. The summed E-state index contributed by atoms with van der Waals surface area (Å²) in [6.45, 7) is 2.65. The summed E-state index contributed by atoms with van der Waals surface area (Å²) < 4.78 is 15.9. The van der Waals surface area contributed by atoms with Gasteiger partial charge >= 0.3 is 5.97 Å². The first-order valence-corrected chi connectivity index (χ1v) is 9.67. The first-order valence-electron chi connectivity index (χ1n) is 8.44. The van der Waals surface area contributed by atoms with Crippen molar-refractivity contribution in [2.24, 2.45) is 0 Å². The minimum atomic E-state index is -0.556. The lowest BCUT2D eigenvalue weighted by Gasteiger charge is -2.21. The van der Waals surface area contributed by atoms with E-state index in [2.05, 4.69) is 4.98 Å². The molecule has 2 aromatic rings. The summed E-state index contributed by atoms with van der Waals surface area (Å²) in [4.78, 5) is 30.5. The molecule has 0 atom stereocenters. The summed E-state index contributed by atoms with van der Waals surface area (Å²) in [5.74, 6) is 0.546. The number of nitrogens with zero attached hydrogens (tertiary/aromatic N) is 2. The minimum absolute atomic E-state index is 0.206. The number of benzene rings is 1. The van der Waals surface area contributed by atoms with Crippen molar-refractivity contribution in [3.63, 3.8) is 0 Å². The van der Waals surface area contributed by atoms with E-state index in [4.69, 9.17) is 14.2 Å². The average Bonchev–Trinajstić information content (AvgIpc) is 3.17. The fourth-order valence-electron chi connectivity index (χ4n) is 2.64. The van der Waals surface area contributed by atoms with Gasteiger partial charge in [-0.05, 0) is 43.0 Å². The number of aromatic nitrogens is 1. The highest BCUT2D eigenvalue weighted by Crippen LogP contribution is 2.32. The van der Waals surface area contributed by atoms with Crippen molar-refractivity contribution in [3.05, 3.63) is 47.7 Å². The Labute approximate surface area is 161 Å². The zero-order valence-corrected chi connectivity index (χ0v) is 16.0. The highest BCUT2D eigenvalue weighted by Gasteiger charge is 2.19. The summed E-state index contributed by atoms with van der Waals surface area (Å²) in [5, 5.41) is 0.572. The molecule has 0 fully saturated rings. The monoisotopic (exact) mass is 388 g/mol. The van der Waals surface area contributed by atoms with Crippen molar-refractivity contribution in [3.8, 4) is 11.5 Å². The second kappa shape index (κ2) is 8.77. The second-order valence-corrected chi connectivity index (χ2v) is 6.53. The average molecular weight is 388 g/mol. The van der Waals surface area contributed by atoms with Crippen LogP contribution in [0, 0.1) is 0 Å². The summed E-state index contributed by atoms with van der Waals surface area (Å²) in [7, 11) is 0. The third-order valence-electron chi connectivity index (χ3n) is 4.06. The smallest absolute Gasteiger partial charge is 0.341 e. The number of carbonyl (C=O) groups excluding carboxylic acids is 2. The molecule has 8 heteroatoms. The molecule has 0 N–H and O–H groups in total. The van der Waals surface area contributed by atoms with Crippen LogP contribution in [0.15, 0.2) is 41.6 Å². The van der Waals surface area contributed by atoms with Gasteiger partial charge < -0.3 is 19.1 Å². The summed E-state index contributed by atoms with van der Waals surface area (Å²) in [6, 6.07) is 8.86. The SMILES string of the molecule is CCN(Cc1ccc2c(c1)OCO2)C(=O)COC(=O)c1cccnc1SC. The van der Waals surface area contributed by atoms with Gasteiger partial charge in [-0.2, -0.15) is 0 Å². The van der Waals surface area contributed by atoms with Crippen LogP contribution in [0.3, 0.4) is 0 Å². The molecule has 3 rings (SSSR count). The molecule has 1 amide bonds. The van der Waals surface area contributed by atoms with E-state index < -0.39 is 5.97 Å². The number of likely N-dealkylation sites (N-methyl/N-ethyl adjacent to an activating group) is 1. The van der Waals surface area contributed by atoms with E-state index in [0.29, 0.717) is 35.2 Å². The number of amides is 1. The van der Waals surface area contributed by atoms with E-state index in [1.807, 2.05) is 31.4 Å². The quantitative estimate of drug-likeness (QED) is 0.533. The molecule has 27 heavy (non-hydrogen) atoms. The maximum absolute atomic E-state index is 12.5. The number of esters is 1. The van der Waals surface area contributed by atoms with Crippen LogP contribution < -0.4 is 9.47 Å². The zero-order valence-electron chi connectivity index (χ0n) is 15.1. The maximum Gasteiger partial charge on any atom is 0.341 e. The molecule has 1 aliphatic rings. The number of hydrogen-bond acceptors (Lipinski definition) is 7. The molecule has 0 bridgehead atoms. The van der Waals surface area contributed by atoms with Gasteiger partial charge in [0.2, 0.25) is 6.79 Å². The van der Waals surface area contributed by atoms with Gasteiger partial charge in [-0.3, -0.25) is 4.79 Å². The number of pyridine rings is 1. The second-order valence-electron chi connectivity index (χ2n) is 5.73. The first-order chi connectivity index (χ1) is 13.1. The van der Waals surface area contributed by atoms with Crippen LogP contribution in [0.5, 0.6) is 11.5 Å². The van der Waals surface area contributed by atoms with Crippen LogP contribution in [0.4, 0.5) is 0 Å². The number of thioether (sulfide) groups is 1. The molecule has 0 aliphatic carbocycles. The van der Waals surface area contributed by atoms with E-state index in [1.54, 1.807) is 23.2 Å². The van der Waals surface area contributed by atoms with Crippen LogP contribution in [-0.4, -0.2) is 48.0 Å². The van der Waals surface area contributed by atoms with Crippen molar-refractivity contribution in [1.29, 1.82) is 0 Å². The van der Waals surface area contributed by atoms with Crippen molar-refractivity contribution in [2.45, 2.75) is 18.5 Å². The molecule has 0 spiro atoms. The third-order valence-corrected chi connectivity index (χ3v) is 4.77. The third kappa shape index (κ3) is 4.51. The van der Waals surface area contributed by atoms with Crippen molar-refractivity contribution in [2.75, 3.05) is 26.2 Å². The Morgan fingerprint density at radius 3 is 2.85 bits per heavy atom. The van der Waals surface area contributed by atoms with E-state index in [9.17, 15) is 9.59 Å². The molecule has 0 saturated carbocycles. The van der Waals surface area contributed by atoms with Gasteiger partial charge in [0.1, 0.15) is 5.03 Å². The lowest BCUT2D eigenvalue weighted by Crippen LogP contribution is -2.34. The normalized spacial score (nSPS) is 11.9. The van der Waals surface area contributed by atoms with Crippen LogP contribution in [-0.2, 0) is 16.1 Å². The van der Waals surface area contributed by atoms with Crippen LogP contribution in [0.1, 0.15) is 22.8 Å².